The van der Waals surface area contributed by atoms with Gasteiger partial charge in [0.05, 0.1) is 0 Å². The lowest BCUT2D eigenvalue weighted by Gasteiger charge is -2.01. The Balaban J connectivity index is 1.89. The Morgan fingerprint density at radius 3 is 2.75 bits per heavy atom. The second-order valence-electron chi connectivity index (χ2n) is 4.36. The highest BCUT2D eigenvalue weighted by molar-refractivity contribution is 6.30. The minimum atomic E-state index is 0.0462. The summed E-state index contributed by atoms with van der Waals surface area (Å²) in [4.78, 5) is 11.3. The van der Waals surface area contributed by atoms with Crippen LogP contribution in [0.15, 0.2) is 28.7 Å². The fourth-order valence-corrected chi connectivity index (χ4v) is 1.81. The van der Waals surface area contributed by atoms with Gasteiger partial charge < -0.3 is 9.73 Å². The van der Waals surface area contributed by atoms with Gasteiger partial charge in [0.15, 0.2) is 0 Å². The van der Waals surface area contributed by atoms with E-state index in [0.717, 1.165) is 12.0 Å². The van der Waals surface area contributed by atoms with Gasteiger partial charge >= 0.3 is 0 Å². The lowest BCUT2D eigenvalue weighted by atomic mass is 10.2. The van der Waals surface area contributed by atoms with Crippen LogP contribution in [0.3, 0.4) is 0 Å². The van der Waals surface area contributed by atoms with Crippen LogP contribution in [-0.2, 0) is 11.2 Å². The van der Waals surface area contributed by atoms with E-state index in [1.54, 1.807) is 12.1 Å². The van der Waals surface area contributed by atoms with Crippen molar-refractivity contribution in [2.45, 2.75) is 26.2 Å². The summed E-state index contributed by atoms with van der Waals surface area (Å²) in [5.74, 6) is 1.01. The van der Waals surface area contributed by atoms with E-state index in [2.05, 4.69) is 15.5 Å². The molecule has 1 aromatic heterocycles. The van der Waals surface area contributed by atoms with E-state index >= 15 is 0 Å². The first-order chi connectivity index (χ1) is 9.69. The SMILES string of the molecule is CCCC(=O)NCCc1nnc(-c2ccc(Cl)cc2)o1. The van der Waals surface area contributed by atoms with E-state index in [1.165, 1.54) is 0 Å². The molecular formula is C14H16ClN3O2. The first kappa shape index (κ1) is 14.5. The summed E-state index contributed by atoms with van der Waals surface area (Å²) in [6.45, 7) is 2.47. The number of amides is 1. The predicted octanol–water partition coefficient (Wildman–Crippen LogP) is 2.85. The maximum atomic E-state index is 11.3. The second-order valence-corrected chi connectivity index (χ2v) is 4.79. The van der Waals surface area contributed by atoms with Crippen molar-refractivity contribution in [3.63, 3.8) is 0 Å². The number of benzene rings is 1. The molecule has 0 atom stereocenters. The molecule has 0 fully saturated rings. The topological polar surface area (TPSA) is 68.0 Å². The van der Waals surface area contributed by atoms with Crippen LogP contribution < -0.4 is 5.32 Å². The molecule has 1 N–H and O–H groups in total. The van der Waals surface area contributed by atoms with E-state index in [1.807, 2.05) is 19.1 Å². The van der Waals surface area contributed by atoms with Crippen LogP contribution in [0.25, 0.3) is 11.5 Å². The number of rotatable bonds is 6. The van der Waals surface area contributed by atoms with Crippen LogP contribution in [-0.4, -0.2) is 22.6 Å². The third kappa shape index (κ3) is 4.06. The number of nitrogens with one attached hydrogen (secondary N) is 1. The summed E-state index contributed by atoms with van der Waals surface area (Å²) in [6.07, 6.45) is 1.91. The highest BCUT2D eigenvalue weighted by atomic mass is 35.5. The van der Waals surface area contributed by atoms with Crippen molar-refractivity contribution in [3.8, 4) is 11.5 Å². The molecule has 20 heavy (non-hydrogen) atoms. The predicted molar refractivity (Wildman–Crippen MR) is 76.4 cm³/mol. The molecule has 0 spiro atoms. The Morgan fingerprint density at radius 2 is 2.05 bits per heavy atom. The van der Waals surface area contributed by atoms with E-state index in [-0.39, 0.29) is 5.91 Å². The molecule has 0 bridgehead atoms. The van der Waals surface area contributed by atoms with Crippen LogP contribution in [0.2, 0.25) is 5.02 Å². The zero-order valence-electron chi connectivity index (χ0n) is 11.2. The average Bonchev–Trinajstić information content (AvgIpc) is 2.89. The van der Waals surface area contributed by atoms with Crippen LogP contribution in [0.4, 0.5) is 0 Å². The average molecular weight is 294 g/mol. The maximum absolute atomic E-state index is 11.3. The fraction of sp³-hybridized carbons (Fsp3) is 0.357. The Morgan fingerprint density at radius 1 is 1.30 bits per heavy atom. The van der Waals surface area contributed by atoms with E-state index < -0.39 is 0 Å². The van der Waals surface area contributed by atoms with Gasteiger partial charge in [0.1, 0.15) is 0 Å². The molecule has 0 aliphatic carbocycles. The normalized spacial score (nSPS) is 10.5. The maximum Gasteiger partial charge on any atom is 0.247 e. The van der Waals surface area contributed by atoms with Gasteiger partial charge in [-0.05, 0) is 30.7 Å². The molecule has 5 nitrogen and oxygen atoms in total. The van der Waals surface area contributed by atoms with Crippen molar-refractivity contribution in [1.29, 1.82) is 0 Å². The monoisotopic (exact) mass is 293 g/mol. The molecule has 1 aromatic carbocycles. The fourth-order valence-electron chi connectivity index (χ4n) is 1.69. The molecule has 0 radical (unpaired) electrons. The summed E-state index contributed by atoms with van der Waals surface area (Å²) >= 11 is 5.82. The van der Waals surface area contributed by atoms with Gasteiger partial charge in [-0.2, -0.15) is 0 Å². The van der Waals surface area contributed by atoms with Crippen LogP contribution in [0, 0.1) is 0 Å². The number of hydrogen-bond donors (Lipinski definition) is 1. The minimum Gasteiger partial charge on any atom is -0.421 e. The summed E-state index contributed by atoms with van der Waals surface area (Å²) in [5.41, 5.74) is 0.822. The third-order valence-corrected chi connectivity index (χ3v) is 2.95. The van der Waals surface area contributed by atoms with Crippen molar-refractivity contribution in [2.24, 2.45) is 0 Å². The molecule has 0 saturated heterocycles. The number of halogens is 1. The van der Waals surface area contributed by atoms with E-state index in [9.17, 15) is 4.79 Å². The third-order valence-electron chi connectivity index (χ3n) is 2.70. The zero-order chi connectivity index (χ0) is 14.4. The van der Waals surface area contributed by atoms with Gasteiger partial charge in [-0.3, -0.25) is 4.79 Å². The largest absolute Gasteiger partial charge is 0.421 e. The number of carbonyl (C=O) groups is 1. The van der Waals surface area contributed by atoms with Gasteiger partial charge in [0.25, 0.3) is 0 Å². The molecule has 2 rings (SSSR count). The number of carbonyl (C=O) groups excluding carboxylic acids is 1. The molecule has 0 aliphatic rings. The Hall–Kier alpha value is -1.88. The summed E-state index contributed by atoms with van der Waals surface area (Å²) < 4.78 is 5.53. The minimum absolute atomic E-state index is 0.0462. The molecule has 0 aliphatic heterocycles. The summed E-state index contributed by atoms with van der Waals surface area (Å²) in [5, 5.41) is 11.4. The molecule has 1 heterocycles. The van der Waals surface area contributed by atoms with Gasteiger partial charge in [-0.25, -0.2) is 0 Å². The van der Waals surface area contributed by atoms with Crippen molar-refractivity contribution in [1.82, 2.24) is 15.5 Å². The van der Waals surface area contributed by atoms with Crippen LogP contribution >= 0.6 is 11.6 Å². The van der Waals surface area contributed by atoms with Crippen molar-refractivity contribution in [3.05, 3.63) is 35.2 Å². The lowest BCUT2D eigenvalue weighted by Crippen LogP contribution is -2.25. The molecule has 1 amide bonds. The van der Waals surface area contributed by atoms with Crippen molar-refractivity contribution >= 4 is 17.5 Å². The van der Waals surface area contributed by atoms with Gasteiger partial charge in [0.2, 0.25) is 17.7 Å². The Labute approximate surface area is 122 Å². The number of aromatic nitrogens is 2. The highest BCUT2D eigenvalue weighted by Crippen LogP contribution is 2.20. The van der Waals surface area contributed by atoms with Gasteiger partial charge in [-0.15, -0.1) is 10.2 Å². The molecule has 0 unspecified atom stereocenters. The quantitative estimate of drug-likeness (QED) is 0.889. The van der Waals surface area contributed by atoms with Gasteiger partial charge in [-0.1, -0.05) is 18.5 Å². The van der Waals surface area contributed by atoms with Crippen LogP contribution in [0.1, 0.15) is 25.7 Å². The Kier molecular flexibility index (Phi) is 5.12. The standard InChI is InChI=1S/C14H16ClN3O2/c1-2-3-12(19)16-9-8-13-17-18-14(20-13)10-4-6-11(15)7-5-10/h4-7H,2-3,8-9H2,1H3,(H,16,19). The van der Waals surface area contributed by atoms with E-state index in [0.29, 0.717) is 36.2 Å². The summed E-state index contributed by atoms with van der Waals surface area (Å²) in [7, 11) is 0. The molecular weight excluding hydrogens is 278 g/mol. The lowest BCUT2D eigenvalue weighted by molar-refractivity contribution is -0.121. The molecule has 106 valence electrons. The first-order valence-electron chi connectivity index (χ1n) is 6.54. The Bertz CT molecular complexity index is 566. The van der Waals surface area contributed by atoms with E-state index in [4.69, 9.17) is 16.0 Å². The highest BCUT2D eigenvalue weighted by Gasteiger charge is 2.08. The van der Waals surface area contributed by atoms with Crippen molar-refractivity contribution in [2.75, 3.05) is 6.54 Å². The molecule has 0 saturated carbocycles. The number of hydrogen-bond acceptors (Lipinski definition) is 4. The number of nitrogens with zero attached hydrogens (tertiary/aromatic N) is 2. The summed E-state index contributed by atoms with van der Waals surface area (Å²) in [6, 6.07) is 7.18. The smallest absolute Gasteiger partial charge is 0.247 e. The first-order valence-corrected chi connectivity index (χ1v) is 6.92. The van der Waals surface area contributed by atoms with Crippen LogP contribution in [0.5, 0.6) is 0 Å². The van der Waals surface area contributed by atoms with Crippen molar-refractivity contribution < 1.29 is 9.21 Å². The molecule has 6 heteroatoms. The zero-order valence-corrected chi connectivity index (χ0v) is 12.0. The second kappa shape index (κ2) is 7.05. The molecule has 2 aromatic rings. The van der Waals surface area contributed by atoms with Gasteiger partial charge in [0, 0.05) is 30.0 Å².